The van der Waals surface area contributed by atoms with E-state index >= 15 is 0 Å². The molecule has 154 valence electrons. The maximum Gasteiger partial charge on any atom is 0.313 e. The second kappa shape index (κ2) is 9.43. The zero-order valence-electron chi connectivity index (χ0n) is 16.3. The van der Waals surface area contributed by atoms with Crippen molar-refractivity contribution < 1.29 is 9.59 Å². The van der Waals surface area contributed by atoms with Crippen LogP contribution in [0.15, 0.2) is 66.0 Å². The van der Waals surface area contributed by atoms with E-state index in [1.54, 1.807) is 35.6 Å². The number of benzene rings is 2. The Bertz CT molecular complexity index is 1020. The Morgan fingerprint density at radius 1 is 1.00 bits per heavy atom. The summed E-state index contributed by atoms with van der Waals surface area (Å²) < 4.78 is 0. The molecule has 1 atom stereocenters. The van der Waals surface area contributed by atoms with Crippen LogP contribution in [0, 0.1) is 0 Å². The van der Waals surface area contributed by atoms with Crippen molar-refractivity contribution in [1.82, 2.24) is 10.2 Å². The fourth-order valence-corrected chi connectivity index (χ4v) is 4.65. The predicted octanol–water partition coefficient (Wildman–Crippen LogP) is 4.26. The quantitative estimate of drug-likeness (QED) is 0.584. The Kier molecular flexibility index (Phi) is 6.47. The Hall–Kier alpha value is -2.67. The highest BCUT2D eigenvalue weighted by Gasteiger charge is 2.26. The Labute approximate surface area is 184 Å². The first-order valence-corrected chi connectivity index (χ1v) is 11.0. The van der Waals surface area contributed by atoms with E-state index in [9.17, 15) is 9.59 Å². The van der Waals surface area contributed by atoms with E-state index < -0.39 is 11.8 Å². The van der Waals surface area contributed by atoms with E-state index in [4.69, 9.17) is 11.6 Å². The summed E-state index contributed by atoms with van der Waals surface area (Å²) in [5.74, 6) is -1.34. The Morgan fingerprint density at radius 3 is 2.50 bits per heavy atom. The maximum absolute atomic E-state index is 12.4. The minimum absolute atomic E-state index is 0.0191. The molecule has 2 aromatic carbocycles. The van der Waals surface area contributed by atoms with Gasteiger partial charge in [0, 0.05) is 35.2 Å². The molecule has 0 spiro atoms. The number of hydrogen-bond donors (Lipinski definition) is 2. The van der Waals surface area contributed by atoms with Gasteiger partial charge >= 0.3 is 11.8 Å². The lowest BCUT2D eigenvalue weighted by molar-refractivity contribution is -0.136. The number of fused-ring (bicyclic) bond motifs is 1. The summed E-state index contributed by atoms with van der Waals surface area (Å²) in [6.45, 7) is 2.10. The van der Waals surface area contributed by atoms with Gasteiger partial charge < -0.3 is 10.6 Å². The zero-order valence-corrected chi connectivity index (χ0v) is 17.9. The van der Waals surface area contributed by atoms with Crippen LogP contribution in [0.4, 0.5) is 5.69 Å². The van der Waals surface area contributed by atoms with E-state index in [0.29, 0.717) is 17.3 Å². The van der Waals surface area contributed by atoms with Crippen LogP contribution in [0.2, 0.25) is 5.02 Å². The van der Waals surface area contributed by atoms with Crippen LogP contribution < -0.4 is 10.6 Å². The van der Waals surface area contributed by atoms with Gasteiger partial charge in [0.2, 0.25) is 0 Å². The first-order chi connectivity index (χ1) is 14.6. The van der Waals surface area contributed by atoms with Gasteiger partial charge in [0.15, 0.2) is 0 Å². The van der Waals surface area contributed by atoms with Gasteiger partial charge in [-0.15, -0.1) is 11.3 Å². The van der Waals surface area contributed by atoms with Crippen LogP contribution in [0.25, 0.3) is 0 Å². The number of carbonyl (C=O) groups is 2. The van der Waals surface area contributed by atoms with Gasteiger partial charge in [-0.1, -0.05) is 41.9 Å². The lowest BCUT2D eigenvalue weighted by atomic mass is 9.98. The molecule has 4 rings (SSSR count). The number of anilines is 1. The number of rotatable bonds is 5. The molecule has 0 aliphatic carbocycles. The molecule has 7 heteroatoms. The molecule has 0 bridgehead atoms. The molecule has 0 saturated heterocycles. The molecule has 2 amide bonds. The lowest BCUT2D eigenvalue weighted by Crippen LogP contribution is -2.43. The molecule has 1 aromatic heterocycles. The van der Waals surface area contributed by atoms with Crippen LogP contribution in [-0.2, 0) is 22.6 Å². The zero-order chi connectivity index (χ0) is 20.9. The van der Waals surface area contributed by atoms with Crippen molar-refractivity contribution in [3.8, 4) is 0 Å². The van der Waals surface area contributed by atoms with Gasteiger partial charge in [-0.2, -0.15) is 0 Å². The number of hydrogen-bond acceptors (Lipinski definition) is 4. The first-order valence-electron chi connectivity index (χ1n) is 9.79. The first kappa shape index (κ1) is 20.6. The van der Waals surface area contributed by atoms with E-state index in [0.717, 1.165) is 19.5 Å². The monoisotopic (exact) mass is 439 g/mol. The van der Waals surface area contributed by atoms with Crippen molar-refractivity contribution in [3.05, 3.63) is 87.1 Å². The van der Waals surface area contributed by atoms with Crippen molar-refractivity contribution in [1.29, 1.82) is 0 Å². The van der Waals surface area contributed by atoms with Crippen LogP contribution in [-0.4, -0.2) is 29.8 Å². The van der Waals surface area contributed by atoms with Gasteiger partial charge in [-0.25, -0.2) is 0 Å². The van der Waals surface area contributed by atoms with E-state index in [-0.39, 0.29) is 6.04 Å². The third kappa shape index (κ3) is 4.90. The number of carbonyl (C=O) groups excluding carboxylic acids is 2. The summed E-state index contributed by atoms with van der Waals surface area (Å²) >= 11 is 7.52. The molecule has 0 saturated carbocycles. The predicted molar refractivity (Wildman–Crippen MR) is 121 cm³/mol. The number of halogens is 1. The summed E-state index contributed by atoms with van der Waals surface area (Å²) in [4.78, 5) is 28.2. The minimum Gasteiger partial charge on any atom is -0.346 e. The molecule has 30 heavy (non-hydrogen) atoms. The third-order valence-corrected chi connectivity index (χ3v) is 6.46. The fraction of sp³-hybridized carbons (Fsp3) is 0.217. The topological polar surface area (TPSA) is 61.4 Å². The summed E-state index contributed by atoms with van der Waals surface area (Å²) in [6.07, 6.45) is 0.975. The SMILES string of the molecule is O=C(NC[C@@H](c1cccs1)N1CCc2ccccc2C1)C(=O)Nc1ccc(Cl)cc1. The fourth-order valence-electron chi connectivity index (χ4n) is 3.66. The van der Waals surface area contributed by atoms with Crippen molar-refractivity contribution in [2.75, 3.05) is 18.4 Å². The highest BCUT2D eigenvalue weighted by Crippen LogP contribution is 2.30. The second-order valence-electron chi connectivity index (χ2n) is 7.19. The average molecular weight is 440 g/mol. The standard InChI is InChI=1S/C23H22ClN3O2S/c24-18-7-9-19(10-8-18)26-23(29)22(28)25-14-20(21-6-3-13-30-21)27-12-11-16-4-1-2-5-17(16)15-27/h1-10,13,20H,11-12,14-15H2,(H,25,28)(H,26,29)/t20-/m0/s1. The van der Waals surface area contributed by atoms with Crippen LogP contribution in [0.5, 0.6) is 0 Å². The van der Waals surface area contributed by atoms with Gasteiger partial charge in [0.25, 0.3) is 0 Å². The number of nitrogens with one attached hydrogen (secondary N) is 2. The van der Waals surface area contributed by atoms with Crippen molar-refractivity contribution in [2.24, 2.45) is 0 Å². The molecule has 0 radical (unpaired) electrons. The molecule has 2 heterocycles. The summed E-state index contributed by atoms with van der Waals surface area (Å²) in [5, 5.41) is 8.02. The third-order valence-electron chi connectivity index (χ3n) is 5.24. The van der Waals surface area contributed by atoms with Crippen LogP contribution >= 0.6 is 22.9 Å². The molecule has 1 aliphatic rings. The molecule has 0 unspecified atom stereocenters. The Balaban J connectivity index is 1.41. The van der Waals surface area contributed by atoms with Gasteiger partial charge in [-0.05, 0) is 53.3 Å². The van der Waals surface area contributed by atoms with Crippen molar-refractivity contribution in [3.63, 3.8) is 0 Å². The van der Waals surface area contributed by atoms with Crippen LogP contribution in [0.1, 0.15) is 22.0 Å². The second-order valence-corrected chi connectivity index (χ2v) is 8.61. The van der Waals surface area contributed by atoms with Crippen LogP contribution in [0.3, 0.4) is 0 Å². The number of amides is 2. The minimum atomic E-state index is -0.689. The normalized spacial score (nSPS) is 14.6. The highest BCUT2D eigenvalue weighted by atomic mass is 35.5. The molecule has 0 fully saturated rings. The lowest BCUT2D eigenvalue weighted by Gasteiger charge is -2.35. The molecule has 5 nitrogen and oxygen atoms in total. The van der Waals surface area contributed by atoms with E-state index in [1.807, 2.05) is 11.4 Å². The number of nitrogens with zero attached hydrogens (tertiary/aromatic N) is 1. The van der Waals surface area contributed by atoms with Gasteiger partial charge in [-0.3, -0.25) is 14.5 Å². The maximum atomic E-state index is 12.4. The van der Waals surface area contributed by atoms with Gasteiger partial charge in [0.1, 0.15) is 0 Å². The van der Waals surface area contributed by atoms with E-state index in [2.05, 4.69) is 45.9 Å². The molecule has 1 aliphatic heterocycles. The molecular weight excluding hydrogens is 418 g/mol. The van der Waals surface area contributed by atoms with Crippen molar-refractivity contribution >= 4 is 40.4 Å². The molecular formula is C23H22ClN3O2S. The Morgan fingerprint density at radius 2 is 1.77 bits per heavy atom. The highest BCUT2D eigenvalue weighted by molar-refractivity contribution is 7.10. The smallest absolute Gasteiger partial charge is 0.313 e. The summed E-state index contributed by atoms with van der Waals surface area (Å²) in [7, 11) is 0. The average Bonchev–Trinajstić information content (AvgIpc) is 3.30. The summed E-state index contributed by atoms with van der Waals surface area (Å²) in [6, 6.07) is 19.2. The largest absolute Gasteiger partial charge is 0.346 e. The molecule has 2 N–H and O–H groups in total. The van der Waals surface area contributed by atoms with Crippen molar-refractivity contribution in [2.45, 2.75) is 19.0 Å². The molecule has 3 aromatic rings. The van der Waals surface area contributed by atoms with E-state index in [1.165, 1.54) is 16.0 Å². The van der Waals surface area contributed by atoms with Gasteiger partial charge in [0.05, 0.1) is 6.04 Å². The summed E-state index contributed by atoms with van der Waals surface area (Å²) in [5.41, 5.74) is 3.23. The number of thiophene rings is 1.